The van der Waals surface area contributed by atoms with E-state index >= 15 is 0 Å². The molecule has 0 unspecified atom stereocenters. The lowest BCUT2D eigenvalue weighted by Gasteiger charge is -1.98. The van der Waals surface area contributed by atoms with Crippen LogP contribution in [0.25, 0.3) is 11.1 Å². The van der Waals surface area contributed by atoms with Gasteiger partial charge in [-0.15, -0.1) is 0 Å². The van der Waals surface area contributed by atoms with Crippen molar-refractivity contribution in [2.75, 3.05) is 0 Å². The fraction of sp³-hybridized carbons (Fsp3) is 0.182. The van der Waals surface area contributed by atoms with Crippen molar-refractivity contribution in [3.05, 3.63) is 34.3 Å². The number of aromatic nitrogens is 1. The summed E-state index contributed by atoms with van der Waals surface area (Å²) in [6.45, 7) is 1.17. The van der Waals surface area contributed by atoms with Gasteiger partial charge in [-0.1, -0.05) is 0 Å². The van der Waals surface area contributed by atoms with Crippen molar-refractivity contribution in [2.24, 2.45) is 5.73 Å². The van der Waals surface area contributed by atoms with E-state index in [4.69, 9.17) is 10.2 Å². The summed E-state index contributed by atoms with van der Waals surface area (Å²) in [5.41, 5.74) is 6.18. The van der Waals surface area contributed by atoms with E-state index in [1.807, 2.05) is 0 Å². The molecule has 2 rings (SSSR count). The molecule has 0 saturated heterocycles. The van der Waals surface area contributed by atoms with Crippen LogP contribution in [0, 0.1) is 0 Å². The molecule has 0 bridgehead atoms. The smallest absolute Gasteiger partial charge is 0.408 e. The molecule has 2 N–H and O–H groups in total. The molecule has 1 aromatic carbocycles. The number of ketones is 1. The maximum Gasteiger partial charge on any atom is 0.420 e. The molecule has 1 heterocycles. The standard InChI is InChI=1S/C11H10N2O4/c1-6(14)7-2-3-8-9(4-7)17-11(16)13(8)5-10(12)15/h2-4H,5H2,1H3,(H2,12,15). The number of carbonyl (C=O) groups is 2. The molecule has 1 amide bonds. The Hall–Kier alpha value is -2.37. The third-order valence-corrected chi connectivity index (χ3v) is 2.39. The van der Waals surface area contributed by atoms with Crippen LogP contribution in [-0.4, -0.2) is 16.3 Å². The molecule has 0 spiro atoms. The average molecular weight is 234 g/mol. The molecule has 0 radical (unpaired) electrons. The van der Waals surface area contributed by atoms with Crippen LogP contribution in [0.1, 0.15) is 17.3 Å². The van der Waals surface area contributed by atoms with Gasteiger partial charge in [0.05, 0.1) is 5.52 Å². The van der Waals surface area contributed by atoms with Crippen molar-refractivity contribution in [2.45, 2.75) is 13.5 Å². The molecule has 0 aliphatic rings. The zero-order valence-electron chi connectivity index (χ0n) is 9.10. The van der Waals surface area contributed by atoms with Crippen molar-refractivity contribution < 1.29 is 14.0 Å². The molecular weight excluding hydrogens is 224 g/mol. The van der Waals surface area contributed by atoms with Gasteiger partial charge < -0.3 is 10.2 Å². The number of nitrogens with zero attached hydrogens (tertiary/aromatic N) is 1. The first kappa shape index (κ1) is 11.1. The highest BCUT2D eigenvalue weighted by atomic mass is 16.4. The second-order valence-corrected chi connectivity index (χ2v) is 3.66. The van der Waals surface area contributed by atoms with E-state index < -0.39 is 11.7 Å². The first-order chi connectivity index (χ1) is 7.99. The van der Waals surface area contributed by atoms with Gasteiger partial charge in [-0.25, -0.2) is 4.79 Å². The lowest BCUT2D eigenvalue weighted by molar-refractivity contribution is -0.118. The van der Waals surface area contributed by atoms with Crippen LogP contribution < -0.4 is 11.5 Å². The second kappa shape index (κ2) is 3.89. The summed E-state index contributed by atoms with van der Waals surface area (Å²) in [4.78, 5) is 33.4. The number of carbonyl (C=O) groups excluding carboxylic acids is 2. The van der Waals surface area contributed by atoms with E-state index in [9.17, 15) is 14.4 Å². The number of nitrogens with two attached hydrogens (primary N) is 1. The Balaban J connectivity index is 2.64. The molecule has 0 aliphatic heterocycles. The van der Waals surface area contributed by atoms with E-state index in [2.05, 4.69) is 0 Å². The lowest BCUT2D eigenvalue weighted by atomic mass is 10.1. The molecule has 2 aromatic rings. The zero-order chi connectivity index (χ0) is 12.6. The Bertz CT molecular complexity index is 666. The summed E-state index contributed by atoms with van der Waals surface area (Å²) >= 11 is 0. The van der Waals surface area contributed by atoms with Gasteiger partial charge in [-0.3, -0.25) is 14.2 Å². The molecule has 88 valence electrons. The summed E-state index contributed by atoms with van der Waals surface area (Å²) < 4.78 is 6.06. The lowest BCUT2D eigenvalue weighted by Crippen LogP contribution is -2.24. The molecule has 0 saturated carbocycles. The summed E-state index contributed by atoms with van der Waals surface area (Å²) in [6.07, 6.45) is 0. The fourth-order valence-corrected chi connectivity index (χ4v) is 1.59. The van der Waals surface area contributed by atoms with Gasteiger partial charge in [0, 0.05) is 5.56 Å². The number of amides is 1. The molecule has 0 aliphatic carbocycles. The van der Waals surface area contributed by atoms with Gasteiger partial charge in [0.1, 0.15) is 6.54 Å². The predicted octanol–water partition coefficient (Wildman–Crippen LogP) is 0.282. The zero-order valence-corrected chi connectivity index (χ0v) is 9.10. The van der Waals surface area contributed by atoms with Gasteiger partial charge in [-0.2, -0.15) is 0 Å². The van der Waals surface area contributed by atoms with E-state index in [1.54, 1.807) is 12.1 Å². The first-order valence-electron chi connectivity index (χ1n) is 4.91. The number of hydrogen-bond donors (Lipinski definition) is 1. The molecule has 6 nitrogen and oxygen atoms in total. The number of primary amides is 1. The molecule has 0 fully saturated rings. The quantitative estimate of drug-likeness (QED) is 0.771. The number of hydrogen-bond acceptors (Lipinski definition) is 4. The maximum absolute atomic E-state index is 11.5. The number of oxazole rings is 1. The Morgan fingerprint density at radius 2 is 2.12 bits per heavy atom. The molecule has 17 heavy (non-hydrogen) atoms. The maximum atomic E-state index is 11.5. The van der Waals surface area contributed by atoms with Crippen LogP contribution in [0.5, 0.6) is 0 Å². The monoisotopic (exact) mass is 234 g/mol. The van der Waals surface area contributed by atoms with Crippen LogP contribution in [0.3, 0.4) is 0 Å². The van der Waals surface area contributed by atoms with Crippen molar-refractivity contribution in [3.63, 3.8) is 0 Å². The van der Waals surface area contributed by atoms with E-state index in [1.165, 1.54) is 13.0 Å². The Morgan fingerprint density at radius 3 is 2.71 bits per heavy atom. The van der Waals surface area contributed by atoms with Gasteiger partial charge in [0.2, 0.25) is 5.91 Å². The Kier molecular flexibility index (Phi) is 2.55. The van der Waals surface area contributed by atoms with Crippen molar-refractivity contribution in [1.29, 1.82) is 0 Å². The van der Waals surface area contributed by atoms with Gasteiger partial charge in [0.15, 0.2) is 11.4 Å². The molecule has 1 aromatic heterocycles. The minimum Gasteiger partial charge on any atom is -0.408 e. The number of rotatable bonds is 3. The first-order valence-corrected chi connectivity index (χ1v) is 4.91. The summed E-state index contributed by atoms with van der Waals surface area (Å²) in [7, 11) is 0. The Labute approximate surface area is 95.6 Å². The van der Waals surface area contributed by atoms with Crippen molar-refractivity contribution >= 4 is 22.8 Å². The average Bonchev–Trinajstić information content (AvgIpc) is 2.54. The highest BCUT2D eigenvalue weighted by molar-refractivity contribution is 5.97. The molecule has 6 heteroatoms. The van der Waals surface area contributed by atoms with Crippen LogP contribution in [0.15, 0.2) is 27.4 Å². The van der Waals surface area contributed by atoms with Crippen LogP contribution in [0.4, 0.5) is 0 Å². The molecule has 0 atom stereocenters. The normalized spacial score (nSPS) is 10.6. The van der Waals surface area contributed by atoms with Crippen molar-refractivity contribution in [3.8, 4) is 0 Å². The minimum absolute atomic E-state index is 0.128. The van der Waals surface area contributed by atoms with Crippen LogP contribution >= 0.6 is 0 Å². The second-order valence-electron chi connectivity index (χ2n) is 3.66. The van der Waals surface area contributed by atoms with Gasteiger partial charge >= 0.3 is 5.76 Å². The highest BCUT2D eigenvalue weighted by Gasteiger charge is 2.12. The number of fused-ring (bicyclic) bond motifs is 1. The summed E-state index contributed by atoms with van der Waals surface area (Å²) in [6, 6.07) is 4.59. The third kappa shape index (κ3) is 1.96. The Morgan fingerprint density at radius 1 is 1.41 bits per heavy atom. The number of Topliss-reactive ketones (excluding diaryl/α,β-unsaturated/α-hetero) is 1. The van der Waals surface area contributed by atoms with Crippen LogP contribution in [0.2, 0.25) is 0 Å². The number of benzene rings is 1. The minimum atomic E-state index is -0.667. The summed E-state index contributed by atoms with van der Waals surface area (Å²) in [5, 5.41) is 0. The topological polar surface area (TPSA) is 95.3 Å². The molecular formula is C11H10N2O4. The fourth-order valence-electron chi connectivity index (χ4n) is 1.59. The van der Waals surface area contributed by atoms with Gasteiger partial charge in [-0.05, 0) is 25.1 Å². The van der Waals surface area contributed by atoms with E-state index in [0.717, 1.165) is 4.57 Å². The largest absolute Gasteiger partial charge is 0.420 e. The third-order valence-electron chi connectivity index (χ3n) is 2.39. The van der Waals surface area contributed by atoms with Gasteiger partial charge in [0.25, 0.3) is 0 Å². The predicted molar refractivity (Wildman–Crippen MR) is 59.7 cm³/mol. The highest BCUT2D eigenvalue weighted by Crippen LogP contribution is 2.15. The van der Waals surface area contributed by atoms with Crippen LogP contribution in [-0.2, 0) is 11.3 Å². The van der Waals surface area contributed by atoms with E-state index in [0.29, 0.717) is 11.1 Å². The SMILES string of the molecule is CC(=O)c1ccc2c(c1)oc(=O)n2CC(N)=O. The summed E-state index contributed by atoms with van der Waals surface area (Å²) in [5.74, 6) is -1.43. The van der Waals surface area contributed by atoms with E-state index in [-0.39, 0.29) is 17.9 Å². The van der Waals surface area contributed by atoms with Crippen molar-refractivity contribution in [1.82, 2.24) is 4.57 Å².